The summed E-state index contributed by atoms with van der Waals surface area (Å²) in [6.45, 7) is 7.65. The van der Waals surface area contributed by atoms with Gasteiger partial charge >= 0.3 is 6.03 Å². The predicted octanol–water partition coefficient (Wildman–Crippen LogP) is 5.07. The number of hydrogen-bond acceptors (Lipinski definition) is 7. The van der Waals surface area contributed by atoms with E-state index in [0.29, 0.717) is 35.9 Å². The average Bonchev–Trinajstić information content (AvgIpc) is 3.00. The number of urea groups is 1. The van der Waals surface area contributed by atoms with E-state index in [1.165, 1.54) is 5.56 Å². The van der Waals surface area contributed by atoms with E-state index in [-0.39, 0.29) is 12.1 Å². The Hall–Kier alpha value is -3.92. The Morgan fingerprint density at radius 2 is 1.85 bits per heavy atom. The zero-order valence-corrected chi connectivity index (χ0v) is 23.6. The molecular formula is C32H38N6O3. The van der Waals surface area contributed by atoms with Crippen molar-refractivity contribution in [3.05, 3.63) is 84.1 Å². The molecule has 0 bridgehead atoms. The number of aryl methyl sites for hydroxylation is 1. The summed E-state index contributed by atoms with van der Waals surface area (Å²) in [5, 5.41) is 5.84. The topological polar surface area (TPSA) is 102 Å². The van der Waals surface area contributed by atoms with Gasteiger partial charge in [0.15, 0.2) is 5.65 Å². The van der Waals surface area contributed by atoms with Crippen LogP contribution in [0.2, 0.25) is 0 Å². The quantitative estimate of drug-likeness (QED) is 0.236. The largest absolute Gasteiger partial charge is 0.379 e. The monoisotopic (exact) mass is 554 g/mol. The summed E-state index contributed by atoms with van der Waals surface area (Å²) in [5.74, 6) is 0.431. The van der Waals surface area contributed by atoms with Gasteiger partial charge in [0.2, 0.25) is 0 Å². The second-order valence-corrected chi connectivity index (χ2v) is 10.4. The predicted molar refractivity (Wildman–Crippen MR) is 161 cm³/mol. The van der Waals surface area contributed by atoms with Gasteiger partial charge in [0.05, 0.1) is 38.3 Å². The van der Waals surface area contributed by atoms with E-state index in [4.69, 9.17) is 14.5 Å². The fourth-order valence-electron chi connectivity index (χ4n) is 4.84. The number of carbonyl (C=O) groups is 1. The summed E-state index contributed by atoms with van der Waals surface area (Å²) in [4.78, 5) is 28.8. The first kappa shape index (κ1) is 28.6. The van der Waals surface area contributed by atoms with Crippen molar-refractivity contribution < 1.29 is 14.3 Å². The third-order valence-electron chi connectivity index (χ3n) is 7.12. The number of rotatable bonds is 12. The molecule has 2 amide bonds. The normalized spacial score (nSPS) is 14.6. The number of pyridine rings is 1. The van der Waals surface area contributed by atoms with Gasteiger partial charge in [0, 0.05) is 31.2 Å². The first-order valence-corrected chi connectivity index (χ1v) is 14.3. The molecule has 1 aliphatic rings. The lowest BCUT2D eigenvalue weighted by atomic mass is 10.1. The number of nitrogens with one attached hydrogen (secondary N) is 2. The van der Waals surface area contributed by atoms with Crippen LogP contribution < -0.4 is 10.6 Å². The number of ether oxygens (including phenoxy) is 2. The maximum absolute atomic E-state index is 12.6. The molecule has 9 heteroatoms. The number of nitrogens with zero attached hydrogens (tertiary/aromatic N) is 4. The molecule has 214 valence electrons. The van der Waals surface area contributed by atoms with Crippen molar-refractivity contribution in [2.45, 2.75) is 38.8 Å². The number of benzene rings is 2. The van der Waals surface area contributed by atoms with E-state index < -0.39 is 0 Å². The average molecular weight is 555 g/mol. The molecule has 2 N–H and O–H groups in total. The van der Waals surface area contributed by atoms with Crippen molar-refractivity contribution in [2.75, 3.05) is 44.8 Å². The first-order chi connectivity index (χ1) is 20.1. The van der Waals surface area contributed by atoms with Gasteiger partial charge in [-0.2, -0.15) is 0 Å². The third kappa shape index (κ3) is 8.78. The second-order valence-electron chi connectivity index (χ2n) is 10.4. The summed E-state index contributed by atoms with van der Waals surface area (Å²) in [6, 6.07) is 21.8. The molecule has 0 unspecified atom stereocenters. The standard InChI is InChI=1S/C32H38N6O3/c1-24(7-5-10-25-8-3-2-4-9-25)34-32(39)37-30-14-13-28-31(36-30)35-29(22-33-28)27-12-6-11-26(21-27)23-41-20-17-38-15-18-40-19-16-38/h2-4,6,8-9,11-14,21-22,24H,5,7,10,15-20,23H2,1H3,(H2,34,35,36,37,39)/t24-/m1/s1. The van der Waals surface area contributed by atoms with Crippen LogP contribution in [0.1, 0.15) is 30.9 Å². The van der Waals surface area contributed by atoms with E-state index >= 15 is 0 Å². The molecule has 2 aromatic heterocycles. The van der Waals surface area contributed by atoms with Gasteiger partial charge in [-0.25, -0.2) is 14.8 Å². The summed E-state index contributed by atoms with van der Waals surface area (Å²) in [6.07, 6.45) is 4.63. The van der Waals surface area contributed by atoms with Gasteiger partial charge in [-0.3, -0.25) is 15.2 Å². The van der Waals surface area contributed by atoms with Crippen LogP contribution >= 0.6 is 0 Å². The Balaban J connectivity index is 1.13. The minimum absolute atomic E-state index is 0.0428. The van der Waals surface area contributed by atoms with Crippen molar-refractivity contribution in [1.82, 2.24) is 25.2 Å². The van der Waals surface area contributed by atoms with Gasteiger partial charge in [0.1, 0.15) is 11.3 Å². The fraction of sp³-hybridized carbons (Fsp3) is 0.375. The first-order valence-electron chi connectivity index (χ1n) is 14.3. The lowest BCUT2D eigenvalue weighted by Crippen LogP contribution is -2.38. The van der Waals surface area contributed by atoms with Gasteiger partial charge in [0.25, 0.3) is 0 Å². The maximum atomic E-state index is 12.6. The number of fused-ring (bicyclic) bond motifs is 1. The van der Waals surface area contributed by atoms with Crippen LogP contribution in [0.5, 0.6) is 0 Å². The Labute approximate surface area is 241 Å². The molecular weight excluding hydrogens is 516 g/mol. The molecule has 3 heterocycles. The molecule has 4 aromatic rings. The Bertz CT molecular complexity index is 1410. The van der Waals surface area contributed by atoms with Gasteiger partial charge < -0.3 is 14.8 Å². The van der Waals surface area contributed by atoms with Gasteiger partial charge in [-0.15, -0.1) is 0 Å². The molecule has 0 radical (unpaired) electrons. The molecule has 1 saturated heterocycles. The van der Waals surface area contributed by atoms with Crippen LogP contribution in [-0.4, -0.2) is 71.4 Å². The Morgan fingerprint density at radius 1 is 1.02 bits per heavy atom. The van der Waals surface area contributed by atoms with Crippen LogP contribution in [0, 0.1) is 0 Å². The van der Waals surface area contributed by atoms with Crippen LogP contribution in [0.15, 0.2) is 72.9 Å². The highest BCUT2D eigenvalue weighted by molar-refractivity contribution is 5.89. The molecule has 0 aliphatic carbocycles. The molecule has 1 fully saturated rings. The van der Waals surface area contributed by atoms with Crippen LogP contribution in [0.4, 0.5) is 10.6 Å². The Morgan fingerprint density at radius 3 is 2.71 bits per heavy atom. The van der Waals surface area contributed by atoms with Crippen LogP contribution in [0.3, 0.4) is 0 Å². The van der Waals surface area contributed by atoms with E-state index in [9.17, 15) is 4.79 Å². The van der Waals surface area contributed by atoms with Crippen molar-refractivity contribution in [3.63, 3.8) is 0 Å². The zero-order valence-electron chi connectivity index (χ0n) is 23.6. The third-order valence-corrected chi connectivity index (χ3v) is 7.12. The number of anilines is 1. The lowest BCUT2D eigenvalue weighted by Gasteiger charge is -2.26. The highest BCUT2D eigenvalue weighted by atomic mass is 16.5. The number of amides is 2. The smallest absolute Gasteiger partial charge is 0.320 e. The highest BCUT2D eigenvalue weighted by Crippen LogP contribution is 2.21. The minimum atomic E-state index is -0.283. The second kappa shape index (κ2) is 14.6. The summed E-state index contributed by atoms with van der Waals surface area (Å²) in [5.41, 5.74) is 5.18. The number of carbonyl (C=O) groups excluding carboxylic acids is 1. The van der Waals surface area contributed by atoms with E-state index in [1.807, 2.05) is 37.3 Å². The molecule has 1 aliphatic heterocycles. The molecule has 5 rings (SSSR count). The van der Waals surface area contributed by atoms with E-state index in [2.05, 4.69) is 55.8 Å². The van der Waals surface area contributed by atoms with Gasteiger partial charge in [-0.05, 0) is 55.5 Å². The molecule has 0 saturated carbocycles. The summed E-state index contributed by atoms with van der Waals surface area (Å²) in [7, 11) is 0. The number of hydrogen-bond donors (Lipinski definition) is 2. The summed E-state index contributed by atoms with van der Waals surface area (Å²) >= 11 is 0. The molecule has 1 atom stereocenters. The fourth-order valence-corrected chi connectivity index (χ4v) is 4.84. The molecule has 9 nitrogen and oxygen atoms in total. The highest BCUT2D eigenvalue weighted by Gasteiger charge is 2.12. The maximum Gasteiger partial charge on any atom is 0.320 e. The van der Waals surface area contributed by atoms with Crippen LogP contribution in [-0.2, 0) is 22.5 Å². The van der Waals surface area contributed by atoms with Crippen molar-refractivity contribution >= 4 is 23.0 Å². The molecule has 2 aromatic carbocycles. The van der Waals surface area contributed by atoms with Crippen LogP contribution in [0.25, 0.3) is 22.4 Å². The minimum Gasteiger partial charge on any atom is -0.379 e. The SMILES string of the molecule is C[C@H](CCCc1ccccc1)NC(=O)Nc1ccc2ncc(-c3cccc(COCCN4CCOCC4)c3)nc2n1. The zero-order chi connectivity index (χ0) is 28.3. The van der Waals surface area contributed by atoms with Gasteiger partial charge in [-0.1, -0.05) is 48.5 Å². The Kier molecular flexibility index (Phi) is 10.2. The van der Waals surface area contributed by atoms with E-state index in [0.717, 1.165) is 63.2 Å². The number of morpholine rings is 1. The van der Waals surface area contributed by atoms with Crippen molar-refractivity contribution in [2.24, 2.45) is 0 Å². The summed E-state index contributed by atoms with van der Waals surface area (Å²) < 4.78 is 11.3. The lowest BCUT2D eigenvalue weighted by molar-refractivity contribution is 0.0180. The van der Waals surface area contributed by atoms with E-state index in [1.54, 1.807) is 12.3 Å². The van der Waals surface area contributed by atoms with Crippen molar-refractivity contribution in [3.8, 4) is 11.3 Å². The molecule has 41 heavy (non-hydrogen) atoms. The number of aromatic nitrogens is 3. The molecule has 0 spiro atoms. The van der Waals surface area contributed by atoms with Crippen molar-refractivity contribution in [1.29, 1.82) is 0 Å².